The molecule has 2 aliphatic rings. The molecule has 3 aromatic rings. The minimum Gasteiger partial charge on any atom is -0.444 e. The first-order chi connectivity index (χ1) is 22.3. The lowest BCUT2D eigenvalue weighted by molar-refractivity contribution is -0.387. The topological polar surface area (TPSA) is 164 Å². The molecule has 3 unspecified atom stereocenters. The van der Waals surface area contributed by atoms with Crippen LogP contribution >= 0.6 is 0 Å². The van der Waals surface area contributed by atoms with E-state index in [1.165, 1.54) is 17.0 Å². The number of nitro groups is 1. The number of piperidine rings is 1. The van der Waals surface area contributed by atoms with E-state index in [0.717, 1.165) is 41.4 Å². The number of carbonyl (C=O) groups excluding carboxylic acids is 2. The van der Waals surface area contributed by atoms with Crippen LogP contribution < -0.4 is 4.72 Å². The van der Waals surface area contributed by atoms with Crippen LogP contribution in [0.5, 0.6) is 0 Å². The number of ether oxygens (including phenoxy) is 2. The number of amides is 2. The molecule has 0 bridgehead atoms. The number of nitrogens with one attached hydrogen (secondary N) is 2. The Morgan fingerprint density at radius 2 is 1.83 bits per heavy atom. The van der Waals surface area contributed by atoms with E-state index in [-0.39, 0.29) is 37.5 Å². The molecule has 3 atom stereocenters. The molecule has 1 saturated heterocycles. The van der Waals surface area contributed by atoms with E-state index >= 15 is 0 Å². The Morgan fingerprint density at radius 3 is 2.51 bits per heavy atom. The molecule has 2 N–H and O–H groups in total. The van der Waals surface area contributed by atoms with E-state index in [9.17, 15) is 28.1 Å². The van der Waals surface area contributed by atoms with Crippen molar-refractivity contribution in [2.45, 2.75) is 81.5 Å². The molecule has 0 spiro atoms. The molecule has 0 radical (unpaired) electrons. The molecule has 2 heterocycles. The van der Waals surface area contributed by atoms with Crippen LogP contribution in [0.15, 0.2) is 59.6 Å². The standard InChI is InChI=1S/C33H43N5O8S/c1-33(2,3)46-32(40)36-20-22(18-23(21-36)35-47(43,44)30-14-8-7-12-29(30)38(41)42)31(39)37(24-15-16-24)28(13-9-17-45-4)26-19-34-27-11-6-5-10-25(26)27/h5-8,10-12,14,19,22-24,28,34-35H,9,13,15-18,20-21H2,1-4H3. The maximum absolute atomic E-state index is 14.7. The van der Waals surface area contributed by atoms with Crippen molar-refractivity contribution in [3.8, 4) is 0 Å². The van der Waals surface area contributed by atoms with E-state index in [1.807, 2.05) is 35.4 Å². The van der Waals surface area contributed by atoms with E-state index in [2.05, 4.69) is 9.71 Å². The molecule has 5 rings (SSSR count). The Labute approximate surface area is 274 Å². The Morgan fingerprint density at radius 1 is 1.13 bits per heavy atom. The quantitative estimate of drug-likeness (QED) is 0.152. The molecule has 2 aromatic carbocycles. The van der Waals surface area contributed by atoms with Gasteiger partial charge in [0.2, 0.25) is 15.9 Å². The molecule has 47 heavy (non-hydrogen) atoms. The van der Waals surface area contributed by atoms with Crippen LogP contribution in [0, 0.1) is 16.0 Å². The number of sulfonamides is 1. The normalized spacial score (nSPS) is 19.4. The number of likely N-dealkylation sites (tertiary alicyclic amines) is 1. The van der Waals surface area contributed by atoms with Gasteiger partial charge in [0, 0.05) is 62.1 Å². The highest BCUT2D eigenvalue weighted by molar-refractivity contribution is 7.89. The number of nitrogens with zero attached hydrogens (tertiary/aromatic N) is 3. The average molecular weight is 670 g/mol. The number of aromatic amines is 1. The van der Waals surface area contributed by atoms with Crippen LogP contribution in [0.1, 0.15) is 64.5 Å². The first-order valence-corrected chi connectivity index (χ1v) is 17.4. The van der Waals surface area contributed by atoms with E-state index < -0.39 is 49.2 Å². The van der Waals surface area contributed by atoms with Gasteiger partial charge in [-0.25, -0.2) is 17.9 Å². The van der Waals surface area contributed by atoms with Gasteiger partial charge in [-0.2, -0.15) is 0 Å². The molecule has 14 heteroatoms. The SMILES string of the molecule is COCCCC(c1c[nH]c2ccccc12)N(C(=O)C1CC(NS(=O)(=O)c2ccccc2[N+](=O)[O-])CN(C(=O)OC(C)(C)C)C1)C1CC1. The van der Waals surface area contributed by atoms with Crippen molar-refractivity contribution in [2.75, 3.05) is 26.8 Å². The van der Waals surface area contributed by atoms with Crippen molar-refractivity contribution in [1.82, 2.24) is 19.5 Å². The fourth-order valence-corrected chi connectivity index (χ4v) is 7.76. The molecular weight excluding hydrogens is 626 g/mol. The highest BCUT2D eigenvalue weighted by Crippen LogP contribution is 2.41. The van der Waals surface area contributed by atoms with Crippen LogP contribution in [0.2, 0.25) is 0 Å². The molecule has 1 aliphatic carbocycles. The largest absolute Gasteiger partial charge is 0.444 e. The van der Waals surface area contributed by atoms with Crippen molar-refractivity contribution >= 4 is 38.6 Å². The Bertz CT molecular complexity index is 1710. The first kappa shape index (κ1) is 34.3. The number of hydrogen-bond donors (Lipinski definition) is 2. The molecule has 2 amide bonds. The summed E-state index contributed by atoms with van der Waals surface area (Å²) < 4.78 is 40.6. The minimum absolute atomic E-state index is 0.00252. The third-order valence-electron chi connectivity index (χ3n) is 8.46. The summed E-state index contributed by atoms with van der Waals surface area (Å²) >= 11 is 0. The van der Waals surface area contributed by atoms with Gasteiger partial charge in [0.05, 0.1) is 16.9 Å². The van der Waals surface area contributed by atoms with Crippen molar-refractivity contribution in [1.29, 1.82) is 0 Å². The number of rotatable bonds is 12. The summed E-state index contributed by atoms with van der Waals surface area (Å²) in [5.41, 5.74) is 0.561. The predicted molar refractivity (Wildman–Crippen MR) is 175 cm³/mol. The number of fused-ring (bicyclic) bond motifs is 1. The zero-order valence-corrected chi connectivity index (χ0v) is 28.0. The van der Waals surface area contributed by atoms with Gasteiger partial charge < -0.3 is 24.3 Å². The summed E-state index contributed by atoms with van der Waals surface area (Å²) in [7, 11) is -2.76. The predicted octanol–water partition coefficient (Wildman–Crippen LogP) is 5.14. The number of aromatic nitrogens is 1. The molecular formula is C33H43N5O8S. The van der Waals surface area contributed by atoms with Gasteiger partial charge in [-0.1, -0.05) is 30.3 Å². The molecule has 2 fully saturated rings. The molecule has 1 aromatic heterocycles. The molecule has 13 nitrogen and oxygen atoms in total. The number of H-pyrrole nitrogens is 1. The van der Waals surface area contributed by atoms with Gasteiger partial charge in [0.1, 0.15) is 5.60 Å². The summed E-state index contributed by atoms with van der Waals surface area (Å²) in [5, 5.41) is 12.7. The van der Waals surface area contributed by atoms with Gasteiger partial charge in [-0.3, -0.25) is 14.9 Å². The van der Waals surface area contributed by atoms with Gasteiger partial charge in [0.15, 0.2) is 4.90 Å². The summed E-state index contributed by atoms with van der Waals surface area (Å²) in [6, 6.07) is 11.8. The number of nitro benzene ring substituents is 1. The Kier molecular flexibility index (Phi) is 10.2. The Balaban J connectivity index is 1.48. The third kappa shape index (κ3) is 8.11. The molecule has 254 valence electrons. The fourth-order valence-electron chi connectivity index (χ4n) is 6.34. The lowest BCUT2D eigenvalue weighted by atomic mass is 9.91. The fraction of sp³-hybridized carbons (Fsp3) is 0.515. The van der Waals surface area contributed by atoms with Crippen molar-refractivity contribution in [3.63, 3.8) is 0 Å². The number of carbonyl (C=O) groups is 2. The van der Waals surface area contributed by atoms with Crippen molar-refractivity contribution in [3.05, 3.63) is 70.4 Å². The second-order valence-corrected chi connectivity index (χ2v) is 15.0. The second kappa shape index (κ2) is 14.0. The molecule has 1 aliphatic heterocycles. The second-order valence-electron chi connectivity index (χ2n) is 13.3. The summed E-state index contributed by atoms with van der Waals surface area (Å²) in [6.45, 7) is 5.69. The lowest BCUT2D eigenvalue weighted by Crippen LogP contribution is -2.56. The smallest absolute Gasteiger partial charge is 0.410 e. The van der Waals surface area contributed by atoms with Gasteiger partial charge in [-0.05, 0) is 70.6 Å². The summed E-state index contributed by atoms with van der Waals surface area (Å²) in [4.78, 5) is 45.1. The number of para-hydroxylation sites is 2. The van der Waals surface area contributed by atoms with Crippen LogP contribution in [-0.2, 0) is 24.3 Å². The van der Waals surface area contributed by atoms with E-state index in [1.54, 1.807) is 27.9 Å². The highest BCUT2D eigenvalue weighted by atomic mass is 32.2. The monoisotopic (exact) mass is 669 g/mol. The van der Waals surface area contributed by atoms with Crippen LogP contribution in [0.4, 0.5) is 10.5 Å². The van der Waals surface area contributed by atoms with Gasteiger partial charge in [-0.15, -0.1) is 0 Å². The van der Waals surface area contributed by atoms with Crippen molar-refractivity contribution in [2.24, 2.45) is 5.92 Å². The van der Waals surface area contributed by atoms with Crippen LogP contribution in [0.3, 0.4) is 0 Å². The summed E-state index contributed by atoms with van der Waals surface area (Å²) in [5.74, 6) is -0.936. The van der Waals surface area contributed by atoms with Gasteiger partial charge in [0.25, 0.3) is 5.69 Å². The van der Waals surface area contributed by atoms with Crippen LogP contribution in [-0.4, -0.2) is 84.6 Å². The van der Waals surface area contributed by atoms with Crippen LogP contribution in [0.25, 0.3) is 10.9 Å². The lowest BCUT2D eigenvalue weighted by Gasteiger charge is -2.41. The zero-order chi connectivity index (χ0) is 33.9. The minimum atomic E-state index is -4.40. The molecule has 1 saturated carbocycles. The van der Waals surface area contributed by atoms with E-state index in [4.69, 9.17) is 9.47 Å². The number of benzene rings is 2. The van der Waals surface area contributed by atoms with E-state index in [0.29, 0.717) is 19.4 Å². The highest BCUT2D eigenvalue weighted by Gasteiger charge is 2.45. The number of methoxy groups -OCH3 is 1. The Hall–Kier alpha value is -4.01. The number of hydrogen-bond acceptors (Lipinski definition) is 8. The maximum atomic E-state index is 14.7. The zero-order valence-electron chi connectivity index (χ0n) is 27.2. The average Bonchev–Trinajstić information content (AvgIpc) is 3.76. The van der Waals surface area contributed by atoms with Crippen molar-refractivity contribution < 1.29 is 32.4 Å². The third-order valence-corrected chi connectivity index (χ3v) is 10.0. The first-order valence-electron chi connectivity index (χ1n) is 15.9. The maximum Gasteiger partial charge on any atom is 0.410 e. The van der Waals surface area contributed by atoms with Gasteiger partial charge >= 0.3 is 6.09 Å². The summed E-state index contributed by atoms with van der Waals surface area (Å²) in [6.07, 6.45) is 4.41.